The summed E-state index contributed by atoms with van der Waals surface area (Å²) >= 11 is 0. The Morgan fingerprint density at radius 3 is 2.34 bits per heavy atom. The van der Waals surface area contributed by atoms with Crippen LogP contribution in [0, 0.1) is 13.8 Å². The zero-order valence-electron chi connectivity index (χ0n) is 17.1. The van der Waals surface area contributed by atoms with Gasteiger partial charge in [0.15, 0.2) is 5.65 Å². The van der Waals surface area contributed by atoms with Crippen LogP contribution in [0.3, 0.4) is 0 Å². The van der Waals surface area contributed by atoms with Gasteiger partial charge >= 0.3 is 0 Å². The Hall–Kier alpha value is -3.34. The van der Waals surface area contributed by atoms with E-state index >= 15 is 0 Å². The molecule has 0 bridgehead atoms. The van der Waals surface area contributed by atoms with E-state index in [0.29, 0.717) is 19.1 Å². The van der Waals surface area contributed by atoms with Crippen molar-refractivity contribution in [3.05, 3.63) is 77.5 Å². The molecule has 2 aromatic carbocycles. The molecule has 5 heteroatoms. The molecule has 4 aromatic rings. The lowest BCUT2D eigenvalue weighted by atomic mass is 10.1. The van der Waals surface area contributed by atoms with Gasteiger partial charge in [0.05, 0.1) is 11.4 Å². The van der Waals surface area contributed by atoms with Crippen LogP contribution in [0.4, 0.5) is 0 Å². The quantitative estimate of drug-likeness (QED) is 0.416. The summed E-state index contributed by atoms with van der Waals surface area (Å²) in [6.07, 6.45) is 1.01. The van der Waals surface area contributed by atoms with Crippen LogP contribution >= 0.6 is 0 Å². The molecule has 0 amide bonds. The van der Waals surface area contributed by atoms with Crippen molar-refractivity contribution in [1.29, 1.82) is 0 Å². The third-order valence-electron chi connectivity index (χ3n) is 4.92. The van der Waals surface area contributed by atoms with Crippen molar-refractivity contribution < 1.29 is 9.47 Å². The van der Waals surface area contributed by atoms with Crippen molar-refractivity contribution in [2.24, 2.45) is 0 Å². The molecule has 29 heavy (non-hydrogen) atoms. The van der Waals surface area contributed by atoms with E-state index in [2.05, 4.69) is 38.1 Å². The molecule has 0 radical (unpaired) electrons. The van der Waals surface area contributed by atoms with E-state index < -0.39 is 0 Å². The Morgan fingerprint density at radius 2 is 1.62 bits per heavy atom. The average Bonchev–Trinajstić information content (AvgIpc) is 3.09. The number of rotatable bonds is 7. The van der Waals surface area contributed by atoms with Gasteiger partial charge in [0.1, 0.15) is 19.0 Å². The number of aromatic nitrogens is 3. The Morgan fingerprint density at radius 1 is 0.897 bits per heavy atom. The van der Waals surface area contributed by atoms with Crippen molar-refractivity contribution in [3.8, 4) is 17.3 Å². The normalized spacial score (nSPS) is 11.0. The van der Waals surface area contributed by atoms with Crippen LogP contribution in [0.25, 0.3) is 16.7 Å². The lowest BCUT2D eigenvalue weighted by Gasteiger charge is -2.10. The van der Waals surface area contributed by atoms with Gasteiger partial charge in [-0.05, 0) is 55.7 Å². The molecule has 0 spiro atoms. The maximum Gasteiger partial charge on any atom is 0.215 e. The first kappa shape index (κ1) is 19.0. The van der Waals surface area contributed by atoms with Crippen molar-refractivity contribution in [3.63, 3.8) is 0 Å². The van der Waals surface area contributed by atoms with Crippen LogP contribution in [-0.4, -0.2) is 28.0 Å². The largest absolute Gasteiger partial charge is 0.490 e. The second-order valence-electron chi connectivity index (χ2n) is 7.00. The zero-order valence-corrected chi connectivity index (χ0v) is 17.1. The standard InChI is InChI=1S/C24H25N3O2/c1-4-19-10-12-20(13-11-19)27-24-23(18(3)26-27)17(2)16-22(25-24)29-15-14-28-21-8-6-5-7-9-21/h5-13,16H,4,14-15H2,1-3H3. The van der Waals surface area contributed by atoms with Gasteiger partial charge in [-0.2, -0.15) is 10.1 Å². The minimum absolute atomic E-state index is 0.422. The fourth-order valence-corrected chi connectivity index (χ4v) is 3.42. The predicted octanol–water partition coefficient (Wildman–Crippen LogP) is 5.06. The summed E-state index contributed by atoms with van der Waals surface area (Å²) in [6, 6.07) is 20.1. The van der Waals surface area contributed by atoms with Crippen LogP contribution in [-0.2, 0) is 6.42 Å². The van der Waals surface area contributed by atoms with Crippen LogP contribution in [0.15, 0.2) is 60.7 Å². The molecule has 0 unspecified atom stereocenters. The molecule has 0 N–H and O–H groups in total. The summed E-state index contributed by atoms with van der Waals surface area (Å²) in [4.78, 5) is 4.74. The molecular formula is C24H25N3O2. The molecular weight excluding hydrogens is 362 g/mol. The minimum atomic E-state index is 0.422. The fraction of sp³-hybridized carbons (Fsp3) is 0.250. The third-order valence-corrected chi connectivity index (χ3v) is 4.92. The molecule has 0 atom stereocenters. The number of hydrogen-bond acceptors (Lipinski definition) is 4. The summed E-state index contributed by atoms with van der Waals surface area (Å²) in [5, 5.41) is 5.79. The molecule has 0 aliphatic heterocycles. The molecule has 5 nitrogen and oxygen atoms in total. The maximum atomic E-state index is 5.88. The van der Waals surface area contributed by atoms with Gasteiger partial charge in [-0.15, -0.1) is 0 Å². The van der Waals surface area contributed by atoms with Crippen molar-refractivity contribution in [2.45, 2.75) is 27.2 Å². The highest BCUT2D eigenvalue weighted by Crippen LogP contribution is 2.26. The van der Waals surface area contributed by atoms with Crippen molar-refractivity contribution in [1.82, 2.24) is 14.8 Å². The summed E-state index contributed by atoms with van der Waals surface area (Å²) in [6.45, 7) is 7.11. The molecule has 2 aromatic heterocycles. The van der Waals surface area contributed by atoms with Gasteiger partial charge in [-0.3, -0.25) is 0 Å². The Bertz CT molecular complexity index is 1100. The fourth-order valence-electron chi connectivity index (χ4n) is 3.42. The smallest absolute Gasteiger partial charge is 0.215 e. The summed E-state index contributed by atoms with van der Waals surface area (Å²) in [5.74, 6) is 1.41. The number of benzene rings is 2. The summed E-state index contributed by atoms with van der Waals surface area (Å²) in [7, 11) is 0. The maximum absolute atomic E-state index is 5.88. The Labute approximate surface area is 170 Å². The molecule has 148 valence electrons. The van der Waals surface area contributed by atoms with E-state index in [9.17, 15) is 0 Å². The van der Waals surface area contributed by atoms with Gasteiger partial charge in [0, 0.05) is 11.5 Å². The molecule has 0 saturated carbocycles. The number of hydrogen-bond donors (Lipinski definition) is 0. The van der Waals surface area contributed by atoms with Crippen molar-refractivity contribution in [2.75, 3.05) is 13.2 Å². The first-order valence-electron chi connectivity index (χ1n) is 9.92. The number of para-hydroxylation sites is 1. The molecule has 0 aliphatic carbocycles. The molecule has 4 rings (SSSR count). The van der Waals surface area contributed by atoms with Crippen LogP contribution in [0.1, 0.15) is 23.7 Å². The van der Waals surface area contributed by atoms with Gasteiger partial charge in [-0.1, -0.05) is 37.3 Å². The summed E-state index contributed by atoms with van der Waals surface area (Å²) in [5.41, 5.74) is 5.17. The van der Waals surface area contributed by atoms with Crippen LogP contribution < -0.4 is 9.47 Å². The van der Waals surface area contributed by atoms with E-state index in [1.807, 2.05) is 48.0 Å². The first-order valence-corrected chi connectivity index (χ1v) is 9.92. The number of aryl methyl sites for hydroxylation is 3. The Kier molecular flexibility index (Phi) is 5.47. The van der Waals surface area contributed by atoms with E-state index in [0.717, 1.165) is 40.1 Å². The SMILES string of the molecule is CCc1ccc(-n2nc(C)c3c(C)cc(OCCOc4ccccc4)nc32)cc1. The second-order valence-corrected chi connectivity index (χ2v) is 7.00. The monoisotopic (exact) mass is 387 g/mol. The van der Waals surface area contributed by atoms with Crippen molar-refractivity contribution >= 4 is 11.0 Å². The Balaban J connectivity index is 1.56. The average molecular weight is 387 g/mol. The lowest BCUT2D eigenvalue weighted by molar-refractivity contribution is 0.212. The van der Waals surface area contributed by atoms with Gasteiger partial charge in [0.25, 0.3) is 0 Å². The van der Waals surface area contributed by atoms with Crippen LogP contribution in [0.2, 0.25) is 0 Å². The molecule has 0 fully saturated rings. The third kappa shape index (κ3) is 4.09. The molecule has 0 aliphatic rings. The minimum Gasteiger partial charge on any atom is -0.490 e. The van der Waals surface area contributed by atoms with E-state index in [-0.39, 0.29) is 0 Å². The van der Waals surface area contributed by atoms with Crippen LogP contribution in [0.5, 0.6) is 11.6 Å². The first-order chi connectivity index (χ1) is 14.2. The summed E-state index contributed by atoms with van der Waals surface area (Å²) < 4.78 is 13.5. The topological polar surface area (TPSA) is 49.2 Å². The van der Waals surface area contributed by atoms with E-state index in [1.54, 1.807) is 0 Å². The van der Waals surface area contributed by atoms with Gasteiger partial charge in [0.2, 0.25) is 5.88 Å². The van der Waals surface area contributed by atoms with E-state index in [4.69, 9.17) is 19.6 Å². The molecule has 0 saturated heterocycles. The highest BCUT2D eigenvalue weighted by atomic mass is 16.5. The lowest BCUT2D eigenvalue weighted by Crippen LogP contribution is -2.10. The number of fused-ring (bicyclic) bond motifs is 1. The highest BCUT2D eigenvalue weighted by molar-refractivity contribution is 5.83. The number of ether oxygens (including phenoxy) is 2. The number of pyridine rings is 1. The number of nitrogens with zero attached hydrogens (tertiary/aromatic N) is 3. The zero-order chi connectivity index (χ0) is 20.2. The van der Waals surface area contributed by atoms with E-state index in [1.165, 1.54) is 5.56 Å². The van der Waals surface area contributed by atoms with Gasteiger partial charge in [-0.25, -0.2) is 4.68 Å². The second kappa shape index (κ2) is 8.35. The predicted molar refractivity (Wildman–Crippen MR) is 115 cm³/mol. The van der Waals surface area contributed by atoms with Gasteiger partial charge < -0.3 is 9.47 Å². The molecule has 2 heterocycles. The highest BCUT2D eigenvalue weighted by Gasteiger charge is 2.15.